The first-order valence-corrected chi connectivity index (χ1v) is 8.93. The van der Waals surface area contributed by atoms with Gasteiger partial charge in [0.1, 0.15) is 12.4 Å². The highest BCUT2D eigenvalue weighted by molar-refractivity contribution is 6.30. The van der Waals surface area contributed by atoms with Crippen molar-refractivity contribution >= 4 is 17.5 Å². The molecule has 2 aromatic carbocycles. The maximum absolute atomic E-state index is 12.4. The summed E-state index contributed by atoms with van der Waals surface area (Å²) in [4.78, 5) is 12.4. The van der Waals surface area contributed by atoms with E-state index in [1.165, 1.54) is 0 Å². The number of halogens is 1. The molecule has 1 heterocycles. The highest BCUT2D eigenvalue weighted by Gasteiger charge is 2.11. The van der Waals surface area contributed by atoms with Gasteiger partial charge in [0, 0.05) is 17.1 Å². The van der Waals surface area contributed by atoms with Crippen LogP contribution < -0.4 is 10.1 Å². The second-order valence-electron chi connectivity index (χ2n) is 6.26. The lowest BCUT2D eigenvalue weighted by Crippen LogP contribution is -2.22. The first kappa shape index (κ1) is 18.8. The summed E-state index contributed by atoms with van der Waals surface area (Å²) >= 11 is 5.96. The Bertz CT molecular complexity index is 926. The molecule has 1 aromatic heterocycles. The lowest BCUT2D eigenvalue weighted by atomic mass is 10.2. The summed E-state index contributed by atoms with van der Waals surface area (Å²) in [5.74, 6) is 1.01. The van der Waals surface area contributed by atoms with E-state index in [1.807, 2.05) is 32.0 Å². The monoisotopic (exact) mass is 385 g/mol. The third kappa shape index (κ3) is 5.04. The zero-order valence-corrected chi connectivity index (χ0v) is 15.8. The van der Waals surface area contributed by atoms with Gasteiger partial charge < -0.3 is 10.1 Å². The van der Waals surface area contributed by atoms with Gasteiger partial charge >= 0.3 is 0 Å². The van der Waals surface area contributed by atoms with Gasteiger partial charge in [-0.2, -0.15) is 0 Å². The highest BCUT2D eigenvalue weighted by Crippen LogP contribution is 2.16. The third-order valence-corrected chi connectivity index (χ3v) is 4.09. The second kappa shape index (κ2) is 8.64. The normalized spacial score (nSPS) is 10.8. The molecule has 0 saturated carbocycles. The molecular formula is C19H20ClN5O2. The standard InChI is InChI=1S/C19H20ClN5O2/c1-13(2)25-18(22-23-24-25)12-27-17-8-4-6-15(10-17)19(26)21-11-14-5-3-7-16(20)9-14/h3-10,13H,11-12H2,1-2H3,(H,21,26). The Balaban J connectivity index is 1.61. The van der Waals surface area contributed by atoms with E-state index in [0.29, 0.717) is 28.7 Å². The van der Waals surface area contributed by atoms with Gasteiger partial charge in [0.05, 0.1) is 6.04 Å². The maximum Gasteiger partial charge on any atom is 0.251 e. The van der Waals surface area contributed by atoms with Crippen LogP contribution in [0.4, 0.5) is 0 Å². The van der Waals surface area contributed by atoms with Crippen molar-refractivity contribution < 1.29 is 9.53 Å². The van der Waals surface area contributed by atoms with Crippen LogP contribution in [0.25, 0.3) is 0 Å². The highest BCUT2D eigenvalue weighted by atomic mass is 35.5. The van der Waals surface area contributed by atoms with E-state index in [-0.39, 0.29) is 18.6 Å². The van der Waals surface area contributed by atoms with Crippen LogP contribution in [0, 0.1) is 0 Å². The average molecular weight is 386 g/mol. The molecule has 7 nitrogen and oxygen atoms in total. The van der Waals surface area contributed by atoms with Crippen molar-refractivity contribution in [2.75, 3.05) is 0 Å². The number of tetrazole rings is 1. The molecule has 8 heteroatoms. The van der Waals surface area contributed by atoms with Gasteiger partial charge in [0.25, 0.3) is 5.91 Å². The Morgan fingerprint density at radius 2 is 2.04 bits per heavy atom. The van der Waals surface area contributed by atoms with Crippen LogP contribution in [-0.4, -0.2) is 26.1 Å². The number of carbonyl (C=O) groups excluding carboxylic acids is 1. The lowest BCUT2D eigenvalue weighted by molar-refractivity contribution is 0.0950. The number of benzene rings is 2. The number of hydrogen-bond donors (Lipinski definition) is 1. The van der Waals surface area contributed by atoms with Crippen molar-refractivity contribution in [2.24, 2.45) is 0 Å². The van der Waals surface area contributed by atoms with Crippen molar-refractivity contribution in [3.63, 3.8) is 0 Å². The quantitative estimate of drug-likeness (QED) is 0.673. The number of nitrogens with one attached hydrogen (secondary N) is 1. The van der Waals surface area contributed by atoms with Crippen molar-refractivity contribution in [2.45, 2.75) is 33.0 Å². The van der Waals surface area contributed by atoms with Gasteiger partial charge in [-0.1, -0.05) is 29.8 Å². The number of ether oxygens (including phenoxy) is 1. The number of aromatic nitrogens is 4. The van der Waals surface area contributed by atoms with E-state index in [4.69, 9.17) is 16.3 Å². The minimum Gasteiger partial charge on any atom is -0.486 e. The second-order valence-corrected chi connectivity index (χ2v) is 6.70. The molecule has 0 atom stereocenters. The molecule has 0 radical (unpaired) electrons. The third-order valence-electron chi connectivity index (χ3n) is 3.86. The van der Waals surface area contributed by atoms with Gasteiger partial charge in [0.2, 0.25) is 0 Å². The fourth-order valence-electron chi connectivity index (χ4n) is 2.51. The van der Waals surface area contributed by atoms with Gasteiger partial charge in [-0.05, 0) is 60.2 Å². The first-order chi connectivity index (χ1) is 13.0. The molecule has 0 aliphatic heterocycles. The van der Waals surface area contributed by atoms with Crippen LogP contribution in [0.2, 0.25) is 5.02 Å². The summed E-state index contributed by atoms with van der Waals surface area (Å²) in [6.07, 6.45) is 0. The predicted octanol–water partition coefficient (Wildman–Crippen LogP) is 3.42. The zero-order valence-electron chi connectivity index (χ0n) is 15.1. The van der Waals surface area contributed by atoms with E-state index < -0.39 is 0 Å². The summed E-state index contributed by atoms with van der Waals surface area (Å²) in [5, 5.41) is 15.1. The van der Waals surface area contributed by atoms with Crippen LogP contribution in [0.5, 0.6) is 5.75 Å². The summed E-state index contributed by atoms with van der Waals surface area (Å²) in [7, 11) is 0. The summed E-state index contributed by atoms with van der Waals surface area (Å²) in [6.45, 7) is 4.60. The van der Waals surface area contributed by atoms with Crippen LogP contribution >= 0.6 is 11.6 Å². The fraction of sp³-hybridized carbons (Fsp3) is 0.263. The topological polar surface area (TPSA) is 81.9 Å². The Morgan fingerprint density at radius 3 is 2.81 bits per heavy atom. The van der Waals surface area contributed by atoms with Crippen LogP contribution in [0.15, 0.2) is 48.5 Å². The van der Waals surface area contributed by atoms with Crippen molar-refractivity contribution in [1.29, 1.82) is 0 Å². The lowest BCUT2D eigenvalue weighted by Gasteiger charge is -2.10. The van der Waals surface area contributed by atoms with Gasteiger partial charge in [-0.3, -0.25) is 4.79 Å². The number of amides is 1. The van der Waals surface area contributed by atoms with E-state index in [2.05, 4.69) is 20.8 Å². The minimum absolute atomic E-state index is 0.141. The first-order valence-electron chi connectivity index (χ1n) is 8.55. The van der Waals surface area contributed by atoms with Crippen molar-refractivity contribution in [3.05, 3.63) is 70.5 Å². The van der Waals surface area contributed by atoms with E-state index in [0.717, 1.165) is 5.56 Å². The van der Waals surface area contributed by atoms with Crippen LogP contribution in [0.3, 0.4) is 0 Å². The molecule has 0 aliphatic rings. The molecular weight excluding hydrogens is 366 g/mol. The molecule has 0 bridgehead atoms. The molecule has 0 unspecified atom stereocenters. The summed E-state index contributed by atoms with van der Waals surface area (Å²) in [6, 6.07) is 14.5. The number of nitrogens with zero attached hydrogens (tertiary/aromatic N) is 4. The van der Waals surface area contributed by atoms with Crippen molar-refractivity contribution in [3.8, 4) is 5.75 Å². The van der Waals surface area contributed by atoms with E-state index in [9.17, 15) is 4.79 Å². The summed E-state index contributed by atoms with van der Waals surface area (Å²) in [5.41, 5.74) is 1.45. The van der Waals surface area contributed by atoms with Gasteiger partial charge in [0.15, 0.2) is 5.82 Å². The van der Waals surface area contributed by atoms with Crippen LogP contribution in [0.1, 0.15) is 41.6 Å². The van der Waals surface area contributed by atoms with E-state index in [1.54, 1.807) is 35.0 Å². The molecule has 3 aromatic rings. The number of hydrogen-bond acceptors (Lipinski definition) is 5. The van der Waals surface area contributed by atoms with Crippen LogP contribution in [-0.2, 0) is 13.2 Å². The molecule has 1 N–H and O–H groups in total. The van der Waals surface area contributed by atoms with Crippen molar-refractivity contribution in [1.82, 2.24) is 25.5 Å². The zero-order chi connectivity index (χ0) is 19.2. The largest absolute Gasteiger partial charge is 0.486 e. The fourth-order valence-corrected chi connectivity index (χ4v) is 2.73. The molecule has 27 heavy (non-hydrogen) atoms. The van der Waals surface area contributed by atoms with Gasteiger partial charge in [-0.25, -0.2) is 4.68 Å². The number of rotatable bonds is 7. The Hall–Kier alpha value is -2.93. The maximum atomic E-state index is 12.4. The molecule has 0 fully saturated rings. The molecule has 0 aliphatic carbocycles. The SMILES string of the molecule is CC(C)n1nnnc1COc1cccc(C(=O)NCc2cccc(Cl)c2)c1. The molecule has 3 rings (SSSR count). The smallest absolute Gasteiger partial charge is 0.251 e. The van der Waals surface area contributed by atoms with E-state index >= 15 is 0 Å². The average Bonchev–Trinajstić information content (AvgIpc) is 3.14. The molecule has 0 saturated heterocycles. The Labute approximate surface area is 162 Å². The molecule has 0 spiro atoms. The summed E-state index contributed by atoms with van der Waals surface area (Å²) < 4.78 is 7.45. The predicted molar refractivity (Wildman–Crippen MR) is 102 cm³/mol. The Morgan fingerprint density at radius 1 is 1.22 bits per heavy atom. The van der Waals surface area contributed by atoms with Gasteiger partial charge in [-0.15, -0.1) is 5.10 Å². The minimum atomic E-state index is -0.188. The number of carbonyl (C=O) groups is 1. The molecule has 1 amide bonds. The Kier molecular flexibility index (Phi) is 6.03. The molecule has 140 valence electrons.